The van der Waals surface area contributed by atoms with Crippen LogP contribution in [0.4, 0.5) is 0 Å². The maximum Gasteiger partial charge on any atom is 0.261 e. The highest BCUT2D eigenvalue weighted by atomic mass is 16.2. The molecule has 1 aliphatic rings. The monoisotopic (exact) mass is 327 g/mol. The average Bonchev–Trinajstić information content (AvgIpc) is 2.67. The molecule has 3 nitrogen and oxygen atoms in total. The lowest BCUT2D eigenvalue weighted by molar-refractivity contribution is -0.130. The molecule has 1 atom stereocenters. The first-order valence-electron chi connectivity index (χ1n) is 8.29. The van der Waals surface area contributed by atoms with Crippen LogP contribution in [0.25, 0.3) is 0 Å². The van der Waals surface area contributed by atoms with Crippen LogP contribution >= 0.6 is 0 Å². The van der Waals surface area contributed by atoms with Gasteiger partial charge in [0.1, 0.15) is 0 Å². The molecule has 0 fully saturated rings. The van der Waals surface area contributed by atoms with Crippen LogP contribution in [0.2, 0.25) is 0 Å². The molecular formula is C22H17NO2. The van der Waals surface area contributed by atoms with Gasteiger partial charge in [-0.1, -0.05) is 78.9 Å². The summed E-state index contributed by atoms with van der Waals surface area (Å²) < 4.78 is 0. The van der Waals surface area contributed by atoms with Crippen molar-refractivity contribution in [2.75, 3.05) is 0 Å². The second kappa shape index (κ2) is 6.36. The van der Waals surface area contributed by atoms with Gasteiger partial charge in [0.05, 0.1) is 12.5 Å². The highest BCUT2D eigenvalue weighted by Gasteiger charge is 2.39. The van der Waals surface area contributed by atoms with E-state index in [9.17, 15) is 9.59 Å². The van der Waals surface area contributed by atoms with Gasteiger partial charge in [0, 0.05) is 5.56 Å². The zero-order valence-corrected chi connectivity index (χ0v) is 13.6. The van der Waals surface area contributed by atoms with E-state index in [1.165, 1.54) is 4.90 Å². The molecule has 1 heterocycles. The van der Waals surface area contributed by atoms with Gasteiger partial charge in [-0.25, -0.2) is 0 Å². The molecule has 1 unspecified atom stereocenters. The van der Waals surface area contributed by atoms with E-state index in [4.69, 9.17) is 0 Å². The zero-order chi connectivity index (χ0) is 17.2. The minimum absolute atomic E-state index is 0.168. The Hall–Kier alpha value is -3.20. The fraction of sp³-hybridized carbons (Fsp3) is 0.0909. The normalized spacial score (nSPS) is 16.6. The number of carbonyl (C=O) groups excluding carboxylic acids is 2. The molecule has 0 radical (unpaired) electrons. The van der Waals surface area contributed by atoms with Crippen LogP contribution in [0.3, 0.4) is 0 Å². The van der Waals surface area contributed by atoms with Crippen LogP contribution in [-0.2, 0) is 11.3 Å². The van der Waals surface area contributed by atoms with Gasteiger partial charge in [-0.05, 0) is 22.8 Å². The van der Waals surface area contributed by atoms with Crippen LogP contribution in [0.5, 0.6) is 0 Å². The summed E-state index contributed by atoms with van der Waals surface area (Å²) in [6, 6.07) is 26.7. The van der Waals surface area contributed by atoms with E-state index in [0.717, 1.165) is 16.7 Å². The van der Waals surface area contributed by atoms with Crippen molar-refractivity contribution in [3.63, 3.8) is 0 Å². The summed E-state index contributed by atoms with van der Waals surface area (Å²) in [5, 5.41) is 0. The fourth-order valence-electron chi connectivity index (χ4n) is 3.36. The molecule has 0 spiro atoms. The van der Waals surface area contributed by atoms with Gasteiger partial charge < -0.3 is 0 Å². The third-order valence-corrected chi connectivity index (χ3v) is 4.58. The molecule has 3 heteroatoms. The molecule has 122 valence electrons. The lowest BCUT2D eigenvalue weighted by Crippen LogP contribution is -2.44. The van der Waals surface area contributed by atoms with Crippen LogP contribution in [0, 0.1) is 0 Å². The van der Waals surface area contributed by atoms with Crippen molar-refractivity contribution in [1.82, 2.24) is 4.90 Å². The Morgan fingerprint density at radius 3 is 2.04 bits per heavy atom. The maximum absolute atomic E-state index is 13.2. The Morgan fingerprint density at radius 1 is 0.720 bits per heavy atom. The molecule has 0 N–H and O–H groups in total. The smallest absolute Gasteiger partial charge is 0.261 e. The van der Waals surface area contributed by atoms with Gasteiger partial charge in [0.2, 0.25) is 5.91 Å². The molecule has 25 heavy (non-hydrogen) atoms. The van der Waals surface area contributed by atoms with E-state index in [0.29, 0.717) is 5.56 Å². The molecule has 0 saturated heterocycles. The average molecular weight is 327 g/mol. The Kier molecular flexibility index (Phi) is 3.90. The molecule has 0 saturated carbocycles. The highest BCUT2D eigenvalue weighted by Crippen LogP contribution is 2.35. The van der Waals surface area contributed by atoms with Crippen molar-refractivity contribution < 1.29 is 9.59 Å². The molecule has 1 aliphatic heterocycles. The first-order valence-corrected chi connectivity index (χ1v) is 8.29. The quantitative estimate of drug-likeness (QED) is 0.682. The minimum Gasteiger partial charge on any atom is -0.273 e. The largest absolute Gasteiger partial charge is 0.273 e. The van der Waals surface area contributed by atoms with Gasteiger partial charge in [-0.3, -0.25) is 14.5 Å². The van der Waals surface area contributed by atoms with E-state index in [2.05, 4.69) is 0 Å². The number of benzene rings is 3. The predicted octanol–water partition coefficient (Wildman–Crippen LogP) is 4.00. The van der Waals surface area contributed by atoms with Crippen molar-refractivity contribution in [2.45, 2.75) is 12.5 Å². The molecule has 0 aliphatic carbocycles. The van der Waals surface area contributed by atoms with Crippen molar-refractivity contribution >= 4 is 11.8 Å². The van der Waals surface area contributed by atoms with Gasteiger partial charge in [-0.15, -0.1) is 0 Å². The number of nitrogens with zero attached hydrogens (tertiary/aromatic N) is 1. The molecular weight excluding hydrogens is 310 g/mol. The summed E-state index contributed by atoms with van der Waals surface area (Å²) >= 11 is 0. The minimum atomic E-state index is -0.446. The maximum atomic E-state index is 13.2. The topological polar surface area (TPSA) is 37.4 Å². The number of imide groups is 1. The Morgan fingerprint density at radius 2 is 1.32 bits per heavy atom. The number of carbonyl (C=O) groups is 2. The standard InChI is InChI=1S/C22H17NO2/c24-21-19-14-8-7-13-18(19)20(17-11-5-2-6-12-17)22(25)23(21)15-16-9-3-1-4-10-16/h1-14,20H,15H2. The number of hydrogen-bond acceptors (Lipinski definition) is 2. The molecule has 3 aromatic carbocycles. The van der Waals surface area contributed by atoms with Crippen molar-refractivity contribution in [3.8, 4) is 0 Å². The molecule has 3 aromatic rings. The van der Waals surface area contributed by atoms with E-state index in [1.807, 2.05) is 78.9 Å². The fourth-order valence-corrected chi connectivity index (χ4v) is 3.36. The van der Waals surface area contributed by atoms with Crippen molar-refractivity contribution in [2.24, 2.45) is 0 Å². The summed E-state index contributed by atoms with van der Waals surface area (Å²) in [5.74, 6) is -0.839. The first-order chi connectivity index (χ1) is 12.3. The zero-order valence-electron chi connectivity index (χ0n) is 13.6. The predicted molar refractivity (Wildman–Crippen MR) is 96.0 cm³/mol. The van der Waals surface area contributed by atoms with E-state index < -0.39 is 5.92 Å². The van der Waals surface area contributed by atoms with Crippen LogP contribution in [-0.4, -0.2) is 16.7 Å². The molecule has 0 aromatic heterocycles. The molecule has 4 rings (SSSR count). The second-order valence-corrected chi connectivity index (χ2v) is 6.15. The summed E-state index contributed by atoms with van der Waals surface area (Å²) in [6.45, 7) is 0.288. The van der Waals surface area contributed by atoms with E-state index in [-0.39, 0.29) is 18.4 Å². The van der Waals surface area contributed by atoms with Crippen LogP contribution in [0.15, 0.2) is 84.9 Å². The summed E-state index contributed by atoms with van der Waals surface area (Å²) in [7, 11) is 0. The molecule has 0 bridgehead atoms. The Bertz CT molecular complexity index is 919. The second-order valence-electron chi connectivity index (χ2n) is 6.15. The van der Waals surface area contributed by atoms with E-state index in [1.54, 1.807) is 6.07 Å². The Balaban J connectivity index is 1.81. The SMILES string of the molecule is O=C1c2ccccc2C(c2ccccc2)C(=O)N1Cc1ccccc1. The number of rotatable bonds is 3. The van der Waals surface area contributed by atoms with Gasteiger partial charge in [0.25, 0.3) is 5.91 Å². The third-order valence-electron chi connectivity index (χ3n) is 4.58. The van der Waals surface area contributed by atoms with Crippen LogP contribution in [0.1, 0.15) is 33.0 Å². The van der Waals surface area contributed by atoms with Gasteiger partial charge >= 0.3 is 0 Å². The van der Waals surface area contributed by atoms with E-state index >= 15 is 0 Å². The number of fused-ring (bicyclic) bond motifs is 1. The number of hydrogen-bond donors (Lipinski definition) is 0. The van der Waals surface area contributed by atoms with Crippen molar-refractivity contribution in [3.05, 3.63) is 107 Å². The van der Waals surface area contributed by atoms with Gasteiger partial charge in [-0.2, -0.15) is 0 Å². The summed E-state index contributed by atoms with van der Waals surface area (Å²) in [6.07, 6.45) is 0. The summed E-state index contributed by atoms with van der Waals surface area (Å²) in [5.41, 5.74) is 3.24. The van der Waals surface area contributed by atoms with Crippen molar-refractivity contribution in [1.29, 1.82) is 0 Å². The summed E-state index contributed by atoms with van der Waals surface area (Å²) in [4.78, 5) is 27.5. The third kappa shape index (κ3) is 2.74. The lowest BCUT2D eigenvalue weighted by atomic mass is 9.83. The number of amides is 2. The first kappa shape index (κ1) is 15.3. The van der Waals surface area contributed by atoms with Gasteiger partial charge in [0.15, 0.2) is 0 Å². The molecule has 2 amide bonds. The van der Waals surface area contributed by atoms with Crippen LogP contribution < -0.4 is 0 Å². The lowest BCUT2D eigenvalue weighted by Gasteiger charge is -2.32. The highest BCUT2D eigenvalue weighted by molar-refractivity contribution is 6.12. The Labute approximate surface area is 146 Å².